The van der Waals surface area contributed by atoms with E-state index in [-0.39, 0.29) is 22.0 Å². The average Bonchev–Trinajstić information content (AvgIpc) is 3.41. The van der Waals surface area contributed by atoms with E-state index in [1.807, 2.05) is 24.4 Å². The van der Waals surface area contributed by atoms with Crippen LogP contribution < -0.4 is 5.32 Å². The molecule has 0 spiro atoms. The summed E-state index contributed by atoms with van der Waals surface area (Å²) in [7, 11) is 3.04. The van der Waals surface area contributed by atoms with Crippen molar-refractivity contribution in [3.05, 3.63) is 64.3 Å². The Morgan fingerprint density at radius 1 is 1.18 bits per heavy atom. The van der Waals surface area contributed by atoms with Crippen LogP contribution in [0.25, 0.3) is 22.2 Å². The molecule has 4 aromatic rings. The number of amides is 1. The lowest BCUT2D eigenvalue weighted by Gasteiger charge is -2.10. The Hall–Kier alpha value is -4.05. The second kappa shape index (κ2) is 9.44. The summed E-state index contributed by atoms with van der Waals surface area (Å²) in [5.74, 6) is -1.68. The maximum absolute atomic E-state index is 13.5. The minimum Gasteiger partial charge on any atom is -0.465 e. The molecule has 0 unspecified atom stereocenters. The monoisotopic (exact) mass is 478 g/mol. The molecule has 9 nitrogen and oxygen atoms in total. The fraction of sp³-hybridized carbons (Fsp3) is 0.208. The van der Waals surface area contributed by atoms with Crippen molar-refractivity contribution in [2.75, 3.05) is 19.0 Å². The Kier molecular flexibility index (Phi) is 6.42. The summed E-state index contributed by atoms with van der Waals surface area (Å²) in [6.45, 7) is 3.50. The van der Waals surface area contributed by atoms with Gasteiger partial charge in [-0.15, -0.1) is 11.3 Å². The molecule has 10 heteroatoms. The molecule has 0 aliphatic rings. The van der Waals surface area contributed by atoms with Crippen LogP contribution in [0.15, 0.2) is 42.7 Å². The number of anilines is 1. The molecular weight excluding hydrogens is 456 g/mol. The van der Waals surface area contributed by atoms with E-state index in [4.69, 9.17) is 9.47 Å². The Morgan fingerprint density at radius 2 is 1.94 bits per heavy atom. The highest BCUT2D eigenvalue weighted by atomic mass is 32.1. The van der Waals surface area contributed by atoms with E-state index >= 15 is 0 Å². The van der Waals surface area contributed by atoms with E-state index in [0.29, 0.717) is 27.7 Å². The number of aryl methyl sites for hydroxylation is 1. The molecule has 0 bridgehead atoms. The molecule has 0 saturated carbocycles. The molecule has 0 aliphatic heterocycles. The zero-order chi connectivity index (χ0) is 24.4. The van der Waals surface area contributed by atoms with Crippen LogP contribution in [0, 0.1) is 6.92 Å². The van der Waals surface area contributed by atoms with Gasteiger partial charge in [0.05, 0.1) is 42.3 Å². The molecule has 0 fully saturated rings. The van der Waals surface area contributed by atoms with Gasteiger partial charge in [0.15, 0.2) is 0 Å². The van der Waals surface area contributed by atoms with Crippen molar-refractivity contribution in [1.82, 2.24) is 14.8 Å². The van der Waals surface area contributed by atoms with Gasteiger partial charge in [0.25, 0.3) is 5.91 Å². The number of nitrogens with zero attached hydrogens (tertiary/aromatic N) is 3. The number of methoxy groups -OCH3 is 1. The topological polar surface area (TPSA) is 112 Å². The third kappa shape index (κ3) is 4.27. The highest BCUT2D eigenvalue weighted by Gasteiger charge is 2.27. The largest absolute Gasteiger partial charge is 0.465 e. The first-order valence-corrected chi connectivity index (χ1v) is 11.2. The van der Waals surface area contributed by atoms with E-state index in [1.54, 1.807) is 43.9 Å². The zero-order valence-corrected chi connectivity index (χ0v) is 19.9. The van der Waals surface area contributed by atoms with E-state index in [0.717, 1.165) is 16.9 Å². The lowest BCUT2D eigenvalue weighted by atomic mass is 10.0. The third-order valence-corrected chi connectivity index (χ3v) is 6.37. The Labute approximate surface area is 199 Å². The smallest absolute Gasteiger partial charge is 0.348 e. The molecule has 34 heavy (non-hydrogen) atoms. The lowest BCUT2D eigenvalue weighted by Crippen LogP contribution is -2.15. The van der Waals surface area contributed by atoms with E-state index < -0.39 is 17.8 Å². The summed E-state index contributed by atoms with van der Waals surface area (Å²) < 4.78 is 11.6. The van der Waals surface area contributed by atoms with Gasteiger partial charge in [-0.2, -0.15) is 5.10 Å². The Balaban J connectivity index is 1.80. The van der Waals surface area contributed by atoms with Gasteiger partial charge in [-0.05, 0) is 31.5 Å². The number of carbonyl (C=O) groups excluding carboxylic acids is 3. The van der Waals surface area contributed by atoms with Crippen molar-refractivity contribution in [3.8, 4) is 11.3 Å². The predicted molar refractivity (Wildman–Crippen MR) is 128 cm³/mol. The number of hydrogen-bond acceptors (Lipinski definition) is 8. The van der Waals surface area contributed by atoms with Crippen LogP contribution in [0.3, 0.4) is 0 Å². The van der Waals surface area contributed by atoms with Crippen molar-refractivity contribution >= 4 is 45.1 Å². The lowest BCUT2D eigenvalue weighted by molar-refractivity contribution is 0.0531. The first-order chi connectivity index (χ1) is 16.3. The van der Waals surface area contributed by atoms with Crippen LogP contribution in [0.2, 0.25) is 0 Å². The van der Waals surface area contributed by atoms with Crippen molar-refractivity contribution < 1.29 is 23.9 Å². The first kappa shape index (κ1) is 23.1. The van der Waals surface area contributed by atoms with Crippen molar-refractivity contribution in [2.45, 2.75) is 13.8 Å². The number of fused-ring (bicyclic) bond motifs is 1. The maximum atomic E-state index is 13.5. The van der Waals surface area contributed by atoms with E-state index in [9.17, 15) is 14.4 Å². The number of thiophene rings is 1. The quantitative estimate of drug-likeness (QED) is 0.413. The maximum Gasteiger partial charge on any atom is 0.348 e. The second-order valence-electron chi connectivity index (χ2n) is 7.40. The fourth-order valence-electron chi connectivity index (χ4n) is 3.58. The van der Waals surface area contributed by atoms with Crippen molar-refractivity contribution in [1.29, 1.82) is 0 Å². The number of rotatable bonds is 6. The minimum absolute atomic E-state index is 0.120. The van der Waals surface area contributed by atoms with Crippen LogP contribution >= 0.6 is 11.3 Å². The zero-order valence-electron chi connectivity index (χ0n) is 19.0. The summed E-state index contributed by atoms with van der Waals surface area (Å²) in [5, 5.41) is 7.84. The van der Waals surface area contributed by atoms with Crippen LogP contribution in [-0.2, 0) is 16.5 Å². The average molecular weight is 479 g/mol. The molecule has 1 aromatic carbocycles. The standard InChI is InChI=1S/C24H22N4O5S/c1-5-33-24(31)20-13(2)19(23(30)32-4)22(34-20)27-21(29)16-10-18(14-11-25-28(3)12-14)26-17-9-7-6-8-15(16)17/h6-12H,5H2,1-4H3,(H,27,29). The molecule has 1 amide bonds. The minimum atomic E-state index is -0.657. The van der Waals surface area contributed by atoms with Crippen LogP contribution in [0.1, 0.15) is 42.9 Å². The fourth-order valence-corrected chi connectivity index (χ4v) is 4.66. The molecule has 0 aliphatic carbocycles. The Bertz CT molecular complexity index is 1420. The van der Waals surface area contributed by atoms with Crippen LogP contribution in [0.5, 0.6) is 0 Å². The molecule has 0 atom stereocenters. The molecule has 4 rings (SSSR count). The molecule has 0 radical (unpaired) electrons. The Morgan fingerprint density at radius 3 is 2.62 bits per heavy atom. The normalized spacial score (nSPS) is 10.8. The van der Waals surface area contributed by atoms with Gasteiger partial charge in [-0.3, -0.25) is 9.48 Å². The second-order valence-corrected chi connectivity index (χ2v) is 8.42. The highest BCUT2D eigenvalue weighted by Crippen LogP contribution is 2.35. The van der Waals surface area contributed by atoms with Crippen molar-refractivity contribution in [3.63, 3.8) is 0 Å². The summed E-state index contributed by atoms with van der Waals surface area (Å²) in [6.07, 6.45) is 3.48. The van der Waals surface area contributed by atoms with Gasteiger partial charge >= 0.3 is 11.9 Å². The summed E-state index contributed by atoms with van der Waals surface area (Å²) in [6, 6.07) is 8.96. The van der Waals surface area contributed by atoms with E-state index in [1.165, 1.54) is 7.11 Å². The predicted octanol–water partition coefficient (Wildman–Crippen LogP) is 4.22. The number of esters is 2. The van der Waals surface area contributed by atoms with Gasteiger partial charge in [-0.1, -0.05) is 18.2 Å². The summed E-state index contributed by atoms with van der Waals surface area (Å²) in [5.41, 5.74) is 2.85. The van der Waals surface area contributed by atoms with Crippen LogP contribution in [0.4, 0.5) is 5.00 Å². The molecular formula is C24H22N4O5S. The summed E-state index contributed by atoms with van der Waals surface area (Å²) >= 11 is 0.974. The third-order valence-electron chi connectivity index (χ3n) is 5.19. The number of ether oxygens (including phenoxy) is 2. The summed E-state index contributed by atoms with van der Waals surface area (Å²) in [4.78, 5) is 43.2. The van der Waals surface area contributed by atoms with Crippen molar-refractivity contribution in [2.24, 2.45) is 7.05 Å². The van der Waals surface area contributed by atoms with Gasteiger partial charge < -0.3 is 14.8 Å². The number of hydrogen-bond donors (Lipinski definition) is 1. The molecule has 3 heterocycles. The number of nitrogens with one attached hydrogen (secondary N) is 1. The number of aromatic nitrogens is 3. The highest BCUT2D eigenvalue weighted by molar-refractivity contribution is 7.18. The van der Waals surface area contributed by atoms with E-state index in [2.05, 4.69) is 15.4 Å². The number of carbonyl (C=O) groups is 3. The molecule has 174 valence electrons. The van der Waals surface area contributed by atoms with Gasteiger partial charge in [0.1, 0.15) is 9.88 Å². The van der Waals surface area contributed by atoms with Gasteiger partial charge in [0, 0.05) is 24.2 Å². The number of pyridine rings is 1. The first-order valence-electron chi connectivity index (χ1n) is 10.4. The van der Waals surface area contributed by atoms with Crippen LogP contribution in [-0.4, -0.2) is 46.3 Å². The number of para-hydroxylation sites is 1. The SMILES string of the molecule is CCOC(=O)c1sc(NC(=O)c2cc(-c3cnn(C)c3)nc3ccccc23)c(C(=O)OC)c1C. The van der Waals surface area contributed by atoms with Gasteiger partial charge in [-0.25, -0.2) is 14.6 Å². The van der Waals surface area contributed by atoms with Gasteiger partial charge in [0.2, 0.25) is 0 Å². The molecule has 3 aromatic heterocycles. The molecule has 0 saturated heterocycles. The molecule has 1 N–H and O–H groups in total. The number of benzene rings is 1.